The monoisotopic (exact) mass is 288 g/mol. The highest BCUT2D eigenvalue weighted by atomic mass is 16.5. The van der Waals surface area contributed by atoms with Crippen LogP contribution in [0.15, 0.2) is 30.5 Å². The minimum Gasteiger partial charge on any atom is -0.490 e. The van der Waals surface area contributed by atoms with Gasteiger partial charge in [0.1, 0.15) is 18.5 Å². The van der Waals surface area contributed by atoms with Crippen molar-refractivity contribution >= 4 is 10.9 Å². The van der Waals surface area contributed by atoms with Crippen molar-refractivity contribution in [2.45, 2.75) is 31.9 Å². The van der Waals surface area contributed by atoms with E-state index in [4.69, 9.17) is 4.74 Å². The van der Waals surface area contributed by atoms with Crippen LogP contribution in [0.3, 0.4) is 0 Å². The third kappa shape index (κ3) is 3.39. The molecule has 1 aliphatic rings. The van der Waals surface area contributed by atoms with Gasteiger partial charge in [-0.15, -0.1) is 0 Å². The molecule has 1 aliphatic carbocycles. The van der Waals surface area contributed by atoms with E-state index in [0.717, 1.165) is 22.6 Å². The van der Waals surface area contributed by atoms with Crippen LogP contribution >= 0.6 is 0 Å². The van der Waals surface area contributed by atoms with Crippen LogP contribution in [-0.4, -0.2) is 47.3 Å². The van der Waals surface area contributed by atoms with Crippen LogP contribution in [-0.2, 0) is 0 Å². The molecule has 1 fully saturated rings. The van der Waals surface area contributed by atoms with Gasteiger partial charge in [-0.3, -0.25) is 0 Å². The number of rotatable bonds is 7. The minimum atomic E-state index is -0.467. The number of aromatic amines is 1. The fraction of sp³-hybridized carbons (Fsp3) is 0.529. The zero-order valence-electron chi connectivity index (χ0n) is 12.7. The highest BCUT2D eigenvalue weighted by Crippen LogP contribution is 2.34. The molecule has 1 heterocycles. The van der Waals surface area contributed by atoms with Crippen molar-refractivity contribution in [2.75, 3.05) is 20.2 Å². The molecule has 0 radical (unpaired) electrons. The maximum atomic E-state index is 10.2. The van der Waals surface area contributed by atoms with E-state index in [0.29, 0.717) is 19.2 Å². The Morgan fingerprint density at radius 1 is 1.38 bits per heavy atom. The first-order valence-electron chi connectivity index (χ1n) is 7.72. The number of hydrogen-bond donors (Lipinski definition) is 2. The molecule has 1 aromatic carbocycles. The quantitative estimate of drug-likeness (QED) is 0.823. The summed E-state index contributed by atoms with van der Waals surface area (Å²) in [5.41, 5.74) is 1.06. The molecule has 114 valence electrons. The van der Waals surface area contributed by atoms with E-state index < -0.39 is 6.10 Å². The molecule has 2 unspecified atom stereocenters. The lowest BCUT2D eigenvalue weighted by molar-refractivity contribution is 0.0628. The molecular weight excluding hydrogens is 264 g/mol. The Labute approximate surface area is 125 Å². The topological polar surface area (TPSA) is 48.5 Å². The van der Waals surface area contributed by atoms with Gasteiger partial charge in [0.15, 0.2) is 0 Å². The number of aliphatic hydroxyl groups excluding tert-OH is 1. The summed E-state index contributed by atoms with van der Waals surface area (Å²) in [5.74, 6) is 1.64. The number of ether oxygens (including phenoxy) is 1. The molecule has 2 atom stereocenters. The number of nitrogens with zero attached hydrogens (tertiary/aromatic N) is 1. The van der Waals surface area contributed by atoms with E-state index in [1.807, 2.05) is 30.5 Å². The van der Waals surface area contributed by atoms with E-state index in [1.54, 1.807) is 0 Å². The number of hydrogen-bond acceptors (Lipinski definition) is 3. The molecule has 3 rings (SSSR count). The normalized spacial score (nSPS) is 18.1. The van der Waals surface area contributed by atoms with Crippen LogP contribution < -0.4 is 4.74 Å². The predicted molar refractivity (Wildman–Crippen MR) is 84.6 cm³/mol. The van der Waals surface area contributed by atoms with Gasteiger partial charge < -0.3 is 19.7 Å². The summed E-state index contributed by atoms with van der Waals surface area (Å²) in [6.07, 6.45) is 4.09. The lowest BCUT2D eigenvalue weighted by Gasteiger charge is -2.27. The first-order valence-corrected chi connectivity index (χ1v) is 7.72. The maximum absolute atomic E-state index is 10.2. The fourth-order valence-corrected chi connectivity index (χ4v) is 2.86. The van der Waals surface area contributed by atoms with Crippen molar-refractivity contribution < 1.29 is 9.84 Å². The molecule has 21 heavy (non-hydrogen) atoms. The molecule has 1 saturated carbocycles. The Hall–Kier alpha value is -1.52. The van der Waals surface area contributed by atoms with Crippen LogP contribution in [0.5, 0.6) is 5.75 Å². The van der Waals surface area contributed by atoms with E-state index >= 15 is 0 Å². The molecule has 0 bridgehead atoms. The smallest absolute Gasteiger partial charge is 0.128 e. The average molecular weight is 288 g/mol. The maximum Gasteiger partial charge on any atom is 0.128 e. The molecule has 1 aromatic heterocycles. The number of benzene rings is 1. The summed E-state index contributed by atoms with van der Waals surface area (Å²) < 4.78 is 5.80. The zero-order valence-corrected chi connectivity index (χ0v) is 12.7. The molecule has 4 nitrogen and oxygen atoms in total. The molecule has 0 aliphatic heterocycles. The van der Waals surface area contributed by atoms with Gasteiger partial charge in [0, 0.05) is 29.7 Å². The lowest BCUT2D eigenvalue weighted by Crippen LogP contribution is -2.39. The first-order chi connectivity index (χ1) is 10.1. The molecule has 0 amide bonds. The highest BCUT2D eigenvalue weighted by molar-refractivity contribution is 5.85. The van der Waals surface area contributed by atoms with Crippen LogP contribution in [0, 0.1) is 5.92 Å². The highest BCUT2D eigenvalue weighted by Gasteiger charge is 2.31. The zero-order chi connectivity index (χ0) is 14.8. The first kappa shape index (κ1) is 14.4. The van der Waals surface area contributed by atoms with Gasteiger partial charge in [0.05, 0.1) is 0 Å². The Balaban J connectivity index is 1.53. The van der Waals surface area contributed by atoms with E-state index in [1.165, 1.54) is 12.8 Å². The van der Waals surface area contributed by atoms with Crippen molar-refractivity contribution in [2.24, 2.45) is 5.92 Å². The summed E-state index contributed by atoms with van der Waals surface area (Å²) >= 11 is 0. The Morgan fingerprint density at radius 3 is 2.95 bits per heavy atom. The predicted octanol–water partition coefficient (Wildman–Crippen LogP) is 2.64. The van der Waals surface area contributed by atoms with Crippen molar-refractivity contribution in [1.29, 1.82) is 0 Å². The van der Waals surface area contributed by atoms with Gasteiger partial charge in [-0.25, -0.2) is 0 Å². The molecular formula is C17H24N2O2. The van der Waals surface area contributed by atoms with Crippen LogP contribution in [0.1, 0.15) is 19.8 Å². The van der Waals surface area contributed by atoms with Crippen LogP contribution in [0.4, 0.5) is 0 Å². The summed E-state index contributed by atoms with van der Waals surface area (Å²) in [4.78, 5) is 5.40. The Bertz CT molecular complexity index is 591. The molecule has 4 heteroatoms. The van der Waals surface area contributed by atoms with Gasteiger partial charge in [-0.2, -0.15) is 0 Å². The second kappa shape index (κ2) is 6.08. The molecule has 0 saturated heterocycles. The molecule has 0 spiro atoms. The number of nitrogens with one attached hydrogen (secondary N) is 1. The third-order valence-corrected chi connectivity index (χ3v) is 4.48. The molecule has 2 aromatic rings. The summed E-state index contributed by atoms with van der Waals surface area (Å²) in [7, 11) is 2.08. The summed E-state index contributed by atoms with van der Waals surface area (Å²) in [6.45, 7) is 3.22. The fourth-order valence-electron chi connectivity index (χ4n) is 2.86. The number of aromatic nitrogens is 1. The third-order valence-electron chi connectivity index (χ3n) is 4.48. The summed E-state index contributed by atoms with van der Waals surface area (Å²) in [6, 6.07) is 8.47. The largest absolute Gasteiger partial charge is 0.490 e. The Kier molecular flexibility index (Phi) is 4.17. The standard InChI is InChI=1S/C17H24N2O2/c1-12(13-6-7-13)19(2)10-14(20)11-21-17-5-3-4-16-15(17)8-9-18-16/h3-5,8-9,12-14,18,20H,6-7,10-11H2,1-2H3. The number of H-pyrrole nitrogens is 1. The van der Waals surface area contributed by atoms with Crippen molar-refractivity contribution in [3.63, 3.8) is 0 Å². The van der Waals surface area contributed by atoms with Gasteiger partial charge in [0.2, 0.25) is 0 Å². The number of aliphatic hydroxyl groups is 1. The van der Waals surface area contributed by atoms with Gasteiger partial charge in [0.25, 0.3) is 0 Å². The molecule has 2 N–H and O–H groups in total. The number of fused-ring (bicyclic) bond motifs is 1. The van der Waals surface area contributed by atoms with Crippen molar-refractivity contribution in [3.05, 3.63) is 30.5 Å². The minimum absolute atomic E-state index is 0.325. The van der Waals surface area contributed by atoms with Gasteiger partial charge in [-0.1, -0.05) is 6.07 Å². The van der Waals surface area contributed by atoms with Crippen molar-refractivity contribution in [1.82, 2.24) is 9.88 Å². The Morgan fingerprint density at radius 2 is 2.19 bits per heavy atom. The van der Waals surface area contributed by atoms with E-state index in [-0.39, 0.29) is 0 Å². The lowest BCUT2D eigenvalue weighted by atomic mass is 10.2. The average Bonchev–Trinajstić information content (AvgIpc) is 3.21. The van der Waals surface area contributed by atoms with Crippen LogP contribution in [0.25, 0.3) is 10.9 Å². The van der Waals surface area contributed by atoms with E-state index in [2.05, 4.69) is 23.9 Å². The second-order valence-electron chi connectivity index (χ2n) is 6.18. The van der Waals surface area contributed by atoms with Crippen molar-refractivity contribution in [3.8, 4) is 5.75 Å². The van der Waals surface area contributed by atoms with E-state index in [9.17, 15) is 5.11 Å². The second-order valence-corrected chi connectivity index (χ2v) is 6.18. The SMILES string of the molecule is CC(C1CC1)N(C)CC(O)COc1cccc2[nH]ccc12. The number of likely N-dealkylation sites (N-methyl/N-ethyl adjacent to an activating group) is 1. The van der Waals surface area contributed by atoms with Gasteiger partial charge >= 0.3 is 0 Å². The summed E-state index contributed by atoms with van der Waals surface area (Å²) in [5, 5.41) is 11.2. The van der Waals surface area contributed by atoms with Gasteiger partial charge in [-0.05, 0) is 50.9 Å². The van der Waals surface area contributed by atoms with Crippen LogP contribution in [0.2, 0.25) is 0 Å².